The zero-order valence-electron chi connectivity index (χ0n) is 7.99. The first-order valence-corrected chi connectivity index (χ1v) is 4.42. The molecule has 0 aromatic rings. The summed E-state index contributed by atoms with van der Waals surface area (Å²) in [5, 5.41) is 12.0. The molecule has 0 saturated carbocycles. The van der Waals surface area contributed by atoms with E-state index in [-0.39, 0.29) is 12.1 Å². The van der Waals surface area contributed by atoms with Crippen molar-refractivity contribution in [2.75, 3.05) is 26.8 Å². The van der Waals surface area contributed by atoms with Crippen molar-refractivity contribution < 1.29 is 14.6 Å². The van der Waals surface area contributed by atoms with Crippen LogP contribution in [0.15, 0.2) is 0 Å². The van der Waals surface area contributed by atoms with Crippen molar-refractivity contribution in [1.29, 1.82) is 0 Å². The highest BCUT2D eigenvalue weighted by atomic mass is 16.5. The molecule has 0 bridgehead atoms. The normalized spacial score (nSPS) is 27.3. The number of carbonyl (C=O) groups excluding carboxylic acids is 1. The van der Waals surface area contributed by atoms with Gasteiger partial charge < -0.3 is 20.1 Å². The molecule has 0 aromatic heterocycles. The number of urea groups is 1. The highest BCUT2D eigenvalue weighted by molar-refractivity contribution is 5.74. The van der Waals surface area contributed by atoms with Gasteiger partial charge in [0.15, 0.2) is 0 Å². The molecular weight excluding hydrogens is 172 g/mol. The van der Waals surface area contributed by atoms with E-state index < -0.39 is 6.10 Å². The van der Waals surface area contributed by atoms with Crippen molar-refractivity contribution in [3.8, 4) is 0 Å². The zero-order valence-corrected chi connectivity index (χ0v) is 7.99. The highest BCUT2D eigenvalue weighted by Crippen LogP contribution is 2.05. The maximum atomic E-state index is 11.3. The van der Waals surface area contributed by atoms with E-state index in [4.69, 9.17) is 4.74 Å². The molecule has 2 N–H and O–H groups in total. The third-order valence-electron chi connectivity index (χ3n) is 2.18. The van der Waals surface area contributed by atoms with Gasteiger partial charge in [0, 0.05) is 13.6 Å². The molecule has 5 heteroatoms. The van der Waals surface area contributed by atoms with Gasteiger partial charge in [0.25, 0.3) is 0 Å². The number of nitrogens with one attached hydrogen (secondary N) is 1. The lowest BCUT2D eigenvalue weighted by molar-refractivity contribution is 0.122. The Bertz CT molecular complexity index is 186. The molecule has 1 rings (SSSR count). The third kappa shape index (κ3) is 2.57. The predicted octanol–water partition coefficient (Wildman–Crippen LogP) is -0.593. The summed E-state index contributed by atoms with van der Waals surface area (Å²) >= 11 is 0. The fourth-order valence-electron chi connectivity index (χ4n) is 1.09. The Morgan fingerprint density at radius 3 is 2.85 bits per heavy atom. The van der Waals surface area contributed by atoms with Crippen LogP contribution in [-0.2, 0) is 4.74 Å². The van der Waals surface area contributed by atoms with Crippen LogP contribution in [0.5, 0.6) is 0 Å². The summed E-state index contributed by atoms with van der Waals surface area (Å²) in [6.45, 7) is 3.24. The van der Waals surface area contributed by atoms with Crippen LogP contribution in [0.1, 0.15) is 6.92 Å². The topological polar surface area (TPSA) is 61.8 Å². The molecule has 0 aromatic carbocycles. The first-order valence-electron chi connectivity index (χ1n) is 4.42. The largest absolute Gasteiger partial charge is 0.388 e. The van der Waals surface area contributed by atoms with Crippen molar-refractivity contribution in [2.45, 2.75) is 19.1 Å². The van der Waals surface area contributed by atoms with Gasteiger partial charge in [-0.05, 0) is 6.92 Å². The van der Waals surface area contributed by atoms with Crippen molar-refractivity contribution in [3.63, 3.8) is 0 Å². The summed E-state index contributed by atoms with van der Waals surface area (Å²) in [4.78, 5) is 12.9. The lowest BCUT2D eigenvalue weighted by atomic mass is 10.2. The fraction of sp³-hybridized carbons (Fsp3) is 0.875. The van der Waals surface area contributed by atoms with Gasteiger partial charge in [0.05, 0.1) is 25.4 Å². The van der Waals surface area contributed by atoms with Crippen LogP contribution < -0.4 is 5.32 Å². The van der Waals surface area contributed by atoms with E-state index in [2.05, 4.69) is 5.32 Å². The minimum absolute atomic E-state index is 0.169. The number of rotatable bonds is 2. The molecule has 2 atom stereocenters. The summed E-state index contributed by atoms with van der Waals surface area (Å²) in [6.07, 6.45) is -0.575. The van der Waals surface area contributed by atoms with Gasteiger partial charge in [-0.2, -0.15) is 0 Å². The SMILES string of the molecule is CCN(C)C(=O)N[C@@H]1COC[C@H]1O. The van der Waals surface area contributed by atoms with Gasteiger partial charge in [0.1, 0.15) is 0 Å². The van der Waals surface area contributed by atoms with Crippen LogP contribution in [0.3, 0.4) is 0 Å². The monoisotopic (exact) mass is 188 g/mol. The standard InChI is InChI=1S/C8H16N2O3/c1-3-10(2)8(12)9-6-4-13-5-7(6)11/h6-7,11H,3-5H2,1-2H3,(H,9,12)/t6-,7-/m1/s1. The van der Waals surface area contributed by atoms with Gasteiger partial charge in [-0.15, -0.1) is 0 Å². The van der Waals surface area contributed by atoms with Crippen molar-refractivity contribution >= 4 is 6.03 Å². The lowest BCUT2D eigenvalue weighted by Gasteiger charge is -2.20. The Kier molecular flexibility index (Phi) is 3.50. The van der Waals surface area contributed by atoms with Gasteiger partial charge in [0.2, 0.25) is 0 Å². The smallest absolute Gasteiger partial charge is 0.317 e. The van der Waals surface area contributed by atoms with Crippen LogP contribution in [-0.4, -0.2) is 55.0 Å². The molecule has 1 fully saturated rings. The molecule has 1 aliphatic rings. The van der Waals surface area contributed by atoms with Gasteiger partial charge >= 0.3 is 6.03 Å². The molecular formula is C8H16N2O3. The van der Waals surface area contributed by atoms with E-state index in [9.17, 15) is 9.90 Å². The van der Waals surface area contributed by atoms with Crippen LogP contribution in [0, 0.1) is 0 Å². The quantitative estimate of drug-likeness (QED) is 0.608. The molecule has 1 aliphatic heterocycles. The van der Waals surface area contributed by atoms with E-state index >= 15 is 0 Å². The molecule has 1 heterocycles. The summed E-state index contributed by atoms with van der Waals surface area (Å²) in [7, 11) is 1.71. The fourth-order valence-corrected chi connectivity index (χ4v) is 1.09. The van der Waals surface area contributed by atoms with Crippen LogP contribution >= 0.6 is 0 Å². The molecule has 0 unspecified atom stereocenters. The summed E-state index contributed by atoms with van der Waals surface area (Å²) in [5.74, 6) is 0. The molecule has 0 radical (unpaired) electrons. The van der Waals surface area contributed by atoms with Crippen LogP contribution in [0.25, 0.3) is 0 Å². The molecule has 0 aliphatic carbocycles. The molecule has 2 amide bonds. The Morgan fingerprint density at radius 1 is 1.69 bits per heavy atom. The predicted molar refractivity (Wildman–Crippen MR) is 47.4 cm³/mol. The zero-order chi connectivity index (χ0) is 9.84. The van der Waals surface area contributed by atoms with E-state index in [1.807, 2.05) is 6.92 Å². The number of amides is 2. The highest BCUT2D eigenvalue weighted by Gasteiger charge is 2.28. The second-order valence-electron chi connectivity index (χ2n) is 3.17. The number of hydrogen-bond donors (Lipinski definition) is 2. The van der Waals surface area contributed by atoms with Gasteiger partial charge in [-0.1, -0.05) is 0 Å². The maximum absolute atomic E-state index is 11.3. The van der Waals surface area contributed by atoms with Crippen LogP contribution in [0.4, 0.5) is 4.79 Å². The average molecular weight is 188 g/mol. The van der Waals surface area contributed by atoms with Crippen molar-refractivity contribution in [1.82, 2.24) is 10.2 Å². The Morgan fingerprint density at radius 2 is 2.38 bits per heavy atom. The second-order valence-corrected chi connectivity index (χ2v) is 3.17. The first kappa shape index (κ1) is 10.3. The van der Waals surface area contributed by atoms with Crippen molar-refractivity contribution in [3.05, 3.63) is 0 Å². The number of aliphatic hydroxyl groups is 1. The average Bonchev–Trinajstić information content (AvgIpc) is 2.50. The molecule has 13 heavy (non-hydrogen) atoms. The maximum Gasteiger partial charge on any atom is 0.317 e. The van der Waals surface area contributed by atoms with Crippen LogP contribution in [0.2, 0.25) is 0 Å². The van der Waals surface area contributed by atoms with E-state index in [1.54, 1.807) is 11.9 Å². The van der Waals surface area contributed by atoms with E-state index in [0.717, 1.165) is 0 Å². The molecule has 0 spiro atoms. The number of aliphatic hydroxyl groups excluding tert-OH is 1. The number of ether oxygens (including phenoxy) is 1. The Balaban J connectivity index is 2.35. The minimum atomic E-state index is -0.575. The summed E-state index contributed by atoms with van der Waals surface area (Å²) in [6, 6.07) is -0.432. The number of nitrogens with zero attached hydrogens (tertiary/aromatic N) is 1. The first-order chi connectivity index (χ1) is 6.15. The van der Waals surface area contributed by atoms with Gasteiger partial charge in [-0.25, -0.2) is 4.79 Å². The summed E-state index contributed by atoms with van der Waals surface area (Å²) in [5.41, 5.74) is 0. The molecule has 76 valence electrons. The van der Waals surface area contributed by atoms with E-state index in [1.165, 1.54) is 0 Å². The number of carbonyl (C=O) groups is 1. The third-order valence-corrected chi connectivity index (χ3v) is 2.18. The summed E-state index contributed by atoms with van der Waals surface area (Å²) < 4.78 is 5.00. The second kappa shape index (κ2) is 4.43. The molecule has 5 nitrogen and oxygen atoms in total. The minimum Gasteiger partial charge on any atom is -0.388 e. The Hall–Kier alpha value is -0.810. The van der Waals surface area contributed by atoms with E-state index in [0.29, 0.717) is 19.8 Å². The molecule has 1 saturated heterocycles. The Labute approximate surface area is 77.7 Å². The lowest BCUT2D eigenvalue weighted by Crippen LogP contribution is -2.47. The van der Waals surface area contributed by atoms with Gasteiger partial charge in [-0.3, -0.25) is 0 Å². The van der Waals surface area contributed by atoms with Crippen molar-refractivity contribution in [2.24, 2.45) is 0 Å². The number of hydrogen-bond acceptors (Lipinski definition) is 3.